The average Bonchev–Trinajstić information content (AvgIpc) is 2.10. The Balaban J connectivity index is 3.12. The van der Waals surface area contributed by atoms with Gasteiger partial charge in [-0.2, -0.15) is 10.1 Å². The van der Waals surface area contributed by atoms with E-state index in [9.17, 15) is 5.21 Å². The van der Waals surface area contributed by atoms with Crippen LogP contribution in [0, 0.1) is 0 Å². The van der Waals surface area contributed by atoms with Crippen molar-refractivity contribution in [1.29, 1.82) is 0 Å². The molecular weight excluding hydrogens is 204 g/mol. The number of hydroxylamine groups is 4. The van der Waals surface area contributed by atoms with E-state index in [-0.39, 0.29) is 16.6 Å². The molecule has 1 saturated heterocycles. The molecule has 1 N–H and O–H groups in total. The molecule has 0 spiro atoms. The number of hydrogen-bond acceptors (Lipinski definition) is 4. The van der Waals surface area contributed by atoms with E-state index in [0.29, 0.717) is 13.2 Å². The monoisotopic (exact) mass is 230 g/mol. The van der Waals surface area contributed by atoms with Crippen LogP contribution in [-0.2, 0) is 4.84 Å². The zero-order valence-corrected chi connectivity index (χ0v) is 11.7. The fourth-order valence-corrected chi connectivity index (χ4v) is 2.41. The summed E-state index contributed by atoms with van der Waals surface area (Å²) >= 11 is 0. The van der Waals surface area contributed by atoms with Crippen molar-refractivity contribution in [1.82, 2.24) is 10.1 Å². The molecule has 1 heterocycles. The van der Waals surface area contributed by atoms with E-state index in [4.69, 9.17) is 4.84 Å². The predicted molar refractivity (Wildman–Crippen MR) is 64.2 cm³/mol. The first-order valence-electron chi connectivity index (χ1n) is 5.97. The van der Waals surface area contributed by atoms with Gasteiger partial charge in [-0.15, -0.1) is 0 Å². The third-order valence-corrected chi connectivity index (χ3v) is 3.99. The van der Waals surface area contributed by atoms with Crippen molar-refractivity contribution in [3.8, 4) is 0 Å². The third kappa shape index (κ3) is 1.88. The number of nitrogens with zero attached hydrogens (tertiary/aromatic N) is 2. The average molecular weight is 230 g/mol. The van der Waals surface area contributed by atoms with E-state index in [2.05, 4.69) is 27.7 Å². The molecule has 0 aliphatic carbocycles. The molecule has 4 heteroatoms. The minimum atomic E-state index is -0.350. The Bertz CT molecular complexity index is 262. The molecule has 1 rings (SSSR count). The van der Waals surface area contributed by atoms with Crippen LogP contribution < -0.4 is 0 Å². The van der Waals surface area contributed by atoms with Crippen LogP contribution in [0.25, 0.3) is 0 Å². The van der Waals surface area contributed by atoms with Gasteiger partial charge in [0.1, 0.15) is 0 Å². The molecule has 0 aromatic carbocycles. The van der Waals surface area contributed by atoms with Gasteiger partial charge in [-0.1, -0.05) is 0 Å². The van der Waals surface area contributed by atoms with Gasteiger partial charge in [-0.25, -0.2) is 0 Å². The highest BCUT2D eigenvalue weighted by Gasteiger charge is 2.56. The molecule has 16 heavy (non-hydrogen) atoms. The van der Waals surface area contributed by atoms with Gasteiger partial charge >= 0.3 is 0 Å². The maximum Gasteiger partial charge on any atom is 0.0657 e. The quantitative estimate of drug-likeness (QED) is 0.789. The Morgan fingerprint density at radius 3 is 2.00 bits per heavy atom. The fraction of sp³-hybridized carbons (Fsp3) is 1.00. The predicted octanol–water partition coefficient (Wildman–Crippen LogP) is 2.28. The summed E-state index contributed by atoms with van der Waals surface area (Å²) in [6.07, 6.45) is 0. The molecule has 1 aliphatic rings. The van der Waals surface area contributed by atoms with Crippen LogP contribution in [0.3, 0.4) is 0 Å². The van der Waals surface area contributed by atoms with Gasteiger partial charge in [0, 0.05) is 6.54 Å². The van der Waals surface area contributed by atoms with Gasteiger partial charge in [-0.3, -0.25) is 4.84 Å². The minimum absolute atomic E-state index is 0.205. The lowest BCUT2D eigenvalue weighted by molar-refractivity contribution is -0.358. The van der Waals surface area contributed by atoms with Gasteiger partial charge in [0.05, 0.1) is 23.2 Å². The van der Waals surface area contributed by atoms with Crippen LogP contribution in [0.15, 0.2) is 0 Å². The van der Waals surface area contributed by atoms with Gasteiger partial charge < -0.3 is 5.21 Å². The highest BCUT2D eigenvalue weighted by atomic mass is 16.7. The maximum atomic E-state index is 10.1. The molecule has 0 aromatic rings. The van der Waals surface area contributed by atoms with E-state index >= 15 is 0 Å². The lowest BCUT2D eigenvalue weighted by Crippen LogP contribution is -2.76. The summed E-state index contributed by atoms with van der Waals surface area (Å²) in [6.45, 7) is 15.7. The van der Waals surface area contributed by atoms with Gasteiger partial charge in [0.15, 0.2) is 0 Å². The van der Waals surface area contributed by atoms with Crippen molar-refractivity contribution >= 4 is 0 Å². The molecule has 0 aromatic heterocycles. The second kappa shape index (κ2) is 3.95. The molecule has 0 radical (unpaired) electrons. The van der Waals surface area contributed by atoms with Crippen LogP contribution in [0.1, 0.15) is 48.5 Å². The van der Waals surface area contributed by atoms with Crippen molar-refractivity contribution in [2.45, 2.75) is 65.1 Å². The van der Waals surface area contributed by atoms with Crippen molar-refractivity contribution in [3.05, 3.63) is 0 Å². The standard InChI is InChI=1S/C12H26N2O2/c1-8-16-14-10(2,3)9-13(15)11(4,5)12(14,6)7/h15H,8-9H2,1-7H3. The van der Waals surface area contributed by atoms with E-state index in [0.717, 1.165) is 0 Å². The normalized spacial score (nSPS) is 29.2. The zero-order chi connectivity index (χ0) is 12.8. The van der Waals surface area contributed by atoms with Crippen LogP contribution in [0.4, 0.5) is 0 Å². The molecule has 0 unspecified atom stereocenters. The zero-order valence-electron chi connectivity index (χ0n) is 11.7. The molecule has 0 bridgehead atoms. The highest BCUT2D eigenvalue weighted by Crippen LogP contribution is 2.42. The SMILES string of the molecule is CCON1C(C)(C)CN(O)C(C)(C)C1(C)C. The van der Waals surface area contributed by atoms with E-state index in [1.807, 2.05) is 25.8 Å². The first-order valence-corrected chi connectivity index (χ1v) is 5.97. The largest absolute Gasteiger partial charge is 0.313 e. The Morgan fingerprint density at radius 1 is 1.06 bits per heavy atom. The van der Waals surface area contributed by atoms with E-state index < -0.39 is 0 Å². The van der Waals surface area contributed by atoms with Gasteiger partial charge in [0.25, 0.3) is 0 Å². The molecule has 0 atom stereocenters. The summed E-state index contributed by atoms with van der Waals surface area (Å²) in [5, 5.41) is 13.6. The first-order chi connectivity index (χ1) is 7.07. The second-order valence-corrected chi connectivity index (χ2v) is 6.20. The van der Waals surface area contributed by atoms with E-state index in [1.54, 1.807) is 0 Å². The van der Waals surface area contributed by atoms with E-state index in [1.165, 1.54) is 5.06 Å². The highest BCUT2D eigenvalue weighted by molar-refractivity contribution is 5.07. The van der Waals surface area contributed by atoms with Gasteiger partial charge in [-0.05, 0) is 48.5 Å². The molecular formula is C12H26N2O2. The van der Waals surface area contributed by atoms with Crippen molar-refractivity contribution in [2.75, 3.05) is 13.2 Å². The molecule has 0 saturated carbocycles. The summed E-state index contributed by atoms with van der Waals surface area (Å²) in [5.74, 6) is 0. The molecule has 1 fully saturated rings. The number of rotatable bonds is 2. The molecule has 96 valence electrons. The van der Waals surface area contributed by atoms with Crippen LogP contribution in [-0.4, -0.2) is 45.1 Å². The minimum Gasteiger partial charge on any atom is -0.313 e. The summed E-state index contributed by atoms with van der Waals surface area (Å²) in [4.78, 5) is 5.79. The second-order valence-electron chi connectivity index (χ2n) is 6.20. The van der Waals surface area contributed by atoms with Crippen molar-refractivity contribution in [3.63, 3.8) is 0 Å². The topological polar surface area (TPSA) is 35.9 Å². The van der Waals surface area contributed by atoms with Crippen molar-refractivity contribution in [2.24, 2.45) is 0 Å². The molecule has 1 aliphatic heterocycles. The Hall–Kier alpha value is -0.160. The first kappa shape index (κ1) is 13.9. The Kier molecular flexibility index (Phi) is 3.43. The summed E-state index contributed by atoms with van der Waals surface area (Å²) in [5.41, 5.74) is -0.818. The maximum absolute atomic E-state index is 10.1. The van der Waals surface area contributed by atoms with Crippen LogP contribution in [0.2, 0.25) is 0 Å². The van der Waals surface area contributed by atoms with Crippen molar-refractivity contribution < 1.29 is 10.0 Å². The fourth-order valence-electron chi connectivity index (χ4n) is 2.41. The Labute approximate surface area is 99.1 Å². The molecule has 4 nitrogen and oxygen atoms in total. The number of hydrogen-bond donors (Lipinski definition) is 1. The third-order valence-electron chi connectivity index (χ3n) is 3.99. The van der Waals surface area contributed by atoms with Crippen LogP contribution in [0.5, 0.6) is 0 Å². The molecule has 0 amide bonds. The smallest absolute Gasteiger partial charge is 0.0657 e. The van der Waals surface area contributed by atoms with Crippen LogP contribution >= 0.6 is 0 Å². The lowest BCUT2D eigenvalue weighted by Gasteiger charge is -2.61. The van der Waals surface area contributed by atoms with Gasteiger partial charge in [0.2, 0.25) is 0 Å². The summed E-state index contributed by atoms with van der Waals surface area (Å²) in [6, 6.07) is 0. The lowest BCUT2D eigenvalue weighted by atomic mass is 9.76. The number of piperazine rings is 1. The summed E-state index contributed by atoms with van der Waals surface area (Å²) < 4.78 is 0. The Morgan fingerprint density at radius 2 is 1.56 bits per heavy atom. The summed E-state index contributed by atoms with van der Waals surface area (Å²) in [7, 11) is 0.